The van der Waals surface area contributed by atoms with Crippen molar-refractivity contribution in [2.24, 2.45) is 0 Å². The average molecular weight is 306 g/mol. The van der Waals surface area contributed by atoms with Crippen molar-refractivity contribution in [2.75, 3.05) is 0 Å². The first-order valence-corrected chi connectivity index (χ1v) is 6.63. The molecule has 0 aliphatic carbocycles. The Kier molecular flexibility index (Phi) is 3.70. The minimum absolute atomic E-state index is 0.442. The monoisotopic (exact) mass is 306 g/mol. The van der Waals surface area contributed by atoms with Crippen LogP contribution in [0.15, 0.2) is 43.1 Å². The molecule has 1 aromatic carbocycles. The van der Waals surface area contributed by atoms with Crippen LogP contribution in [0.4, 0.5) is 13.2 Å². The van der Waals surface area contributed by atoms with Crippen LogP contribution in [0.2, 0.25) is 0 Å². The highest BCUT2D eigenvalue weighted by Crippen LogP contribution is 2.24. The normalized spacial score (nSPS) is 11.3. The summed E-state index contributed by atoms with van der Waals surface area (Å²) < 4.78 is 42.3. The number of alkyl halides is 2. The van der Waals surface area contributed by atoms with Crippen LogP contribution in [0.25, 0.3) is 5.69 Å². The number of hydrogen-bond acceptors (Lipinski definition) is 2. The van der Waals surface area contributed by atoms with Crippen molar-refractivity contribution in [1.82, 2.24) is 19.1 Å². The van der Waals surface area contributed by atoms with Crippen molar-refractivity contribution in [3.8, 4) is 5.69 Å². The number of hydrogen-bond donors (Lipinski definition) is 0. The Bertz CT molecular complexity index is 792. The van der Waals surface area contributed by atoms with Gasteiger partial charge in [-0.2, -0.15) is 0 Å². The maximum atomic E-state index is 13.3. The molecule has 114 valence electrons. The second kappa shape index (κ2) is 5.67. The quantitative estimate of drug-likeness (QED) is 0.739. The summed E-state index contributed by atoms with van der Waals surface area (Å²) in [7, 11) is 0. The molecule has 0 atom stereocenters. The second-order valence-corrected chi connectivity index (χ2v) is 4.88. The predicted octanol–water partition coefficient (Wildman–Crippen LogP) is 3.50. The van der Waals surface area contributed by atoms with Crippen LogP contribution in [0.1, 0.15) is 23.5 Å². The Balaban J connectivity index is 1.88. The molecule has 0 amide bonds. The number of aryl methyl sites for hydroxylation is 1. The SMILES string of the molecule is Cc1nccn1Cc1cn(-c2ccc(F)c(C(F)F)c2)cn1. The molecular weight excluding hydrogens is 293 g/mol. The summed E-state index contributed by atoms with van der Waals surface area (Å²) in [5.74, 6) is -0.0514. The van der Waals surface area contributed by atoms with Crippen LogP contribution in [0, 0.1) is 12.7 Å². The fraction of sp³-hybridized carbons (Fsp3) is 0.200. The van der Waals surface area contributed by atoms with Gasteiger partial charge in [-0.1, -0.05) is 0 Å². The Morgan fingerprint density at radius 3 is 2.73 bits per heavy atom. The van der Waals surface area contributed by atoms with E-state index in [4.69, 9.17) is 0 Å². The highest BCUT2D eigenvalue weighted by atomic mass is 19.3. The molecule has 0 N–H and O–H groups in total. The van der Waals surface area contributed by atoms with E-state index < -0.39 is 17.8 Å². The van der Waals surface area contributed by atoms with Gasteiger partial charge in [0.1, 0.15) is 11.6 Å². The number of imidazole rings is 2. The smallest absolute Gasteiger partial charge is 0.266 e. The molecule has 2 heterocycles. The van der Waals surface area contributed by atoms with Crippen molar-refractivity contribution in [2.45, 2.75) is 19.9 Å². The Morgan fingerprint density at radius 2 is 2.05 bits per heavy atom. The summed E-state index contributed by atoms with van der Waals surface area (Å²) in [6.45, 7) is 2.41. The van der Waals surface area contributed by atoms with E-state index in [9.17, 15) is 13.2 Å². The Labute approximate surface area is 124 Å². The van der Waals surface area contributed by atoms with Crippen LogP contribution >= 0.6 is 0 Å². The van der Waals surface area contributed by atoms with E-state index in [1.807, 2.05) is 17.7 Å². The van der Waals surface area contributed by atoms with Crippen molar-refractivity contribution >= 4 is 0 Å². The lowest BCUT2D eigenvalue weighted by Crippen LogP contribution is -2.01. The zero-order valence-corrected chi connectivity index (χ0v) is 11.7. The summed E-state index contributed by atoms with van der Waals surface area (Å²) >= 11 is 0. The lowest BCUT2D eigenvalue weighted by atomic mass is 10.2. The number of aromatic nitrogens is 4. The summed E-state index contributed by atoms with van der Waals surface area (Å²) in [5, 5.41) is 0. The molecule has 0 saturated heterocycles. The van der Waals surface area contributed by atoms with Crippen molar-refractivity contribution < 1.29 is 13.2 Å². The van der Waals surface area contributed by atoms with Crippen molar-refractivity contribution in [3.63, 3.8) is 0 Å². The van der Waals surface area contributed by atoms with Gasteiger partial charge in [-0.15, -0.1) is 0 Å². The van der Waals surface area contributed by atoms with E-state index in [0.717, 1.165) is 23.7 Å². The lowest BCUT2D eigenvalue weighted by Gasteiger charge is -2.06. The van der Waals surface area contributed by atoms with E-state index >= 15 is 0 Å². The van der Waals surface area contributed by atoms with Gasteiger partial charge in [0.15, 0.2) is 0 Å². The highest BCUT2D eigenvalue weighted by Gasteiger charge is 2.14. The average Bonchev–Trinajstić information content (AvgIpc) is 3.10. The third-order valence-electron chi connectivity index (χ3n) is 3.40. The summed E-state index contributed by atoms with van der Waals surface area (Å²) in [4.78, 5) is 8.36. The first-order valence-electron chi connectivity index (χ1n) is 6.63. The highest BCUT2D eigenvalue weighted by molar-refractivity contribution is 5.37. The number of nitrogens with zero attached hydrogens (tertiary/aromatic N) is 4. The van der Waals surface area contributed by atoms with E-state index in [1.165, 1.54) is 12.4 Å². The zero-order chi connectivity index (χ0) is 15.7. The first-order chi connectivity index (χ1) is 10.5. The molecule has 0 spiro atoms. The van der Waals surface area contributed by atoms with Gasteiger partial charge < -0.3 is 9.13 Å². The molecule has 0 radical (unpaired) electrons. The fourth-order valence-corrected chi connectivity index (χ4v) is 2.19. The maximum Gasteiger partial charge on any atom is 0.266 e. The van der Waals surface area contributed by atoms with Crippen LogP contribution in [0.3, 0.4) is 0 Å². The standard InChI is InChI=1S/C15H13F3N4/c1-10-19-4-5-21(10)7-11-8-22(9-20-11)12-2-3-14(16)13(6-12)15(17)18/h2-6,8-9,15H,7H2,1H3. The maximum absolute atomic E-state index is 13.3. The van der Waals surface area contributed by atoms with Crippen molar-refractivity contribution in [3.05, 3.63) is 66.0 Å². The van der Waals surface area contributed by atoms with Crippen LogP contribution in [-0.4, -0.2) is 19.1 Å². The van der Waals surface area contributed by atoms with Crippen molar-refractivity contribution in [1.29, 1.82) is 0 Å². The van der Waals surface area contributed by atoms with E-state index in [-0.39, 0.29) is 0 Å². The van der Waals surface area contributed by atoms with Gasteiger partial charge in [0.05, 0.1) is 24.1 Å². The van der Waals surface area contributed by atoms with Gasteiger partial charge in [0.25, 0.3) is 6.43 Å². The molecule has 7 heteroatoms. The van der Waals surface area contributed by atoms with Crippen LogP contribution in [0.5, 0.6) is 0 Å². The van der Waals surface area contributed by atoms with Gasteiger partial charge in [0, 0.05) is 24.3 Å². The van der Waals surface area contributed by atoms with Crippen LogP contribution in [-0.2, 0) is 6.54 Å². The number of benzene rings is 1. The molecule has 2 aromatic heterocycles. The Morgan fingerprint density at radius 1 is 1.23 bits per heavy atom. The summed E-state index contributed by atoms with van der Waals surface area (Å²) in [6.07, 6.45) is 3.92. The lowest BCUT2D eigenvalue weighted by molar-refractivity contribution is 0.146. The molecular formula is C15H13F3N4. The molecule has 0 unspecified atom stereocenters. The Hall–Kier alpha value is -2.57. The number of halogens is 3. The van der Waals surface area contributed by atoms with Gasteiger partial charge >= 0.3 is 0 Å². The van der Waals surface area contributed by atoms with E-state index in [2.05, 4.69) is 9.97 Å². The minimum Gasteiger partial charge on any atom is -0.329 e. The van der Waals surface area contributed by atoms with Crippen LogP contribution < -0.4 is 0 Å². The summed E-state index contributed by atoms with van der Waals surface area (Å²) in [5.41, 5.74) is 0.583. The zero-order valence-electron chi connectivity index (χ0n) is 11.7. The fourth-order valence-electron chi connectivity index (χ4n) is 2.19. The second-order valence-electron chi connectivity index (χ2n) is 4.88. The minimum atomic E-state index is -2.85. The third-order valence-corrected chi connectivity index (χ3v) is 3.40. The van der Waals surface area contributed by atoms with Gasteiger partial charge in [-0.05, 0) is 25.1 Å². The third kappa shape index (κ3) is 2.74. The molecule has 0 aliphatic rings. The predicted molar refractivity (Wildman–Crippen MR) is 74.5 cm³/mol. The largest absolute Gasteiger partial charge is 0.329 e. The molecule has 4 nitrogen and oxygen atoms in total. The van der Waals surface area contributed by atoms with Gasteiger partial charge in [-0.3, -0.25) is 0 Å². The first kappa shape index (κ1) is 14.4. The van der Waals surface area contributed by atoms with Gasteiger partial charge in [0.2, 0.25) is 0 Å². The molecule has 3 rings (SSSR count). The molecule has 0 saturated carbocycles. The molecule has 0 aliphatic heterocycles. The van der Waals surface area contributed by atoms with E-state index in [0.29, 0.717) is 12.2 Å². The van der Waals surface area contributed by atoms with E-state index in [1.54, 1.807) is 17.0 Å². The molecule has 0 fully saturated rings. The molecule has 22 heavy (non-hydrogen) atoms. The summed E-state index contributed by atoms with van der Waals surface area (Å²) in [6, 6.07) is 3.61. The van der Waals surface area contributed by atoms with Gasteiger partial charge in [-0.25, -0.2) is 23.1 Å². The topological polar surface area (TPSA) is 35.6 Å². The molecule has 0 bridgehead atoms. The molecule has 3 aromatic rings. The number of rotatable bonds is 4.